The molecule has 1 N–H and O–H groups in total. The minimum absolute atomic E-state index is 0.0656. The predicted molar refractivity (Wildman–Crippen MR) is 120 cm³/mol. The van der Waals surface area contributed by atoms with E-state index in [1.807, 2.05) is 12.1 Å². The van der Waals surface area contributed by atoms with Crippen LogP contribution in [-0.4, -0.2) is 40.8 Å². The molecule has 164 valence electrons. The van der Waals surface area contributed by atoms with Gasteiger partial charge in [0.2, 0.25) is 5.91 Å². The maximum Gasteiger partial charge on any atom is 0.325 e. The smallest absolute Gasteiger partial charge is 0.325 e. The minimum Gasteiger partial charge on any atom is -0.468 e. The highest BCUT2D eigenvalue weighted by molar-refractivity contribution is 7.99. The maximum atomic E-state index is 13.0. The normalized spacial score (nSPS) is 11.1. The van der Waals surface area contributed by atoms with Gasteiger partial charge in [-0.05, 0) is 24.5 Å². The van der Waals surface area contributed by atoms with Crippen molar-refractivity contribution >= 4 is 34.5 Å². The monoisotopic (exact) mass is 433 g/mol. The van der Waals surface area contributed by atoms with Gasteiger partial charge in [-0.3, -0.25) is 19.0 Å². The molecule has 0 aliphatic heterocycles. The van der Waals surface area contributed by atoms with Gasteiger partial charge in [0.05, 0.1) is 23.8 Å². The van der Waals surface area contributed by atoms with Crippen LogP contribution in [0.15, 0.2) is 34.2 Å². The van der Waals surface area contributed by atoms with Gasteiger partial charge in [-0.25, -0.2) is 4.98 Å². The second kappa shape index (κ2) is 12.4. The zero-order valence-corrected chi connectivity index (χ0v) is 18.8. The third kappa shape index (κ3) is 7.48. The lowest BCUT2D eigenvalue weighted by molar-refractivity contribution is -0.140. The Hall–Kier alpha value is -2.35. The first-order valence-electron chi connectivity index (χ1n) is 10.4. The molecule has 1 amide bonds. The van der Waals surface area contributed by atoms with Gasteiger partial charge in [-0.2, -0.15) is 0 Å². The number of hydrogen-bond acceptors (Lipinski definition) is 6. The molecule has 1 heterocycles. The molecule has 2 rings (SSSR count). The molecule has 0 bridgehead atoms. The van der Waals surface area contributed by atoms with Gasteiger partial charge in [0.15, 0.2) is 5.16 Å². The van der Waals surface area contributed by atoms with E-state index in [1.54, 1.807) is 16.7 Å². The lowest BCUT2D eigenvalue weighted by Crippen LogP contribution is -2.31. The molecule has 0 aliphatic carbocycles. The number of ether oxygens (including phenoxy) is 1. The second-order valence-corrected chi connectivity index (χ2v) is 8.55. The summed E-state index contributed by atoms with van der Waals surface area (Å²) in [5, 5.41) is 3.60. The van der Waals surface area contributed by atoms with Crippen LogP contribution in [0.3, 0.4) is 0 Å². The Morgan fingerprint density at radius 2 is 1.90 bits per heavy atom. The number of thioether (sulfide) groups is 1. The van der Waals surface area contributed by atoms with Crippen LogP contribution in [0.2, 0.25) is 0 Å². The summed E-state index contributed by atoms with van der Waals surface area (Å²) in [6, 6.07) is 7.25. The summed E-state index contributed by atoms with van der Waals surface area (Å²) in [7, 11) is 1.27. The third-order valence-corrected chi connectivity index (χ3v) is 5.71. The number of benzene rings is 1. The third-order valence-electron chi connectivity index (χ3n) is 4.73. The number of fused-ring (bicyclic) bond motifs is 1. The molecule has 0 unspecified atom stereocenters. The zero-order valence-electron chi connectivity index (χ0n) is 18.0. The number of unbranched alkanes of at least 4 members (excludes halogenated alkanes) is 3. The van der Waals surface area contributed by atoms with E-state index in [9.17, 15) is 14.4 Å². The summed E-state index contributed by atoms with van der Waals surface area (Å²) in [6.45, 7) is 4.85. The predicted octanol–water partition coefficient (Wildman–Crippen LogP) is 3.38. The number of amides is 1. The Balaban J connectivity index is 2.06. The summed E-state index contributed by atoms with van der Waals surface area (Å²) in [4.78, 5) is 40.8. The van der Waals surface area contributed by atoms with Gasteiger partial charge in [0.25, 0.3) is 5.56 Å². The first-order valence-corrected chi connectivity index (χ1v) is 11.4. The lowest BCUT2D eigenvalue weighted by atomic mass is 10.0. The van der Waals surface area contributed by atoms with E-state index in [0.717, 1.165) is 19.3 Å². The Bertz CT molecular complexity index is 911. The molecule has 0 aliphatic rings. The van der Waals surface area contributed by atoms with Crippen LogP contribution in [0.25, 0.3) is 10.9 Å². The molecule has 0 saturated carbocycles. The van der Waals surface area contributed by atoms with Gasteiger partial charge in [-0.1, -0.05) is 63.4 Å². The molecule has 0 spiro atoms. The zero-order chi connectivity index (χ0) is 21.9. The van der Waals surface area contributed by atoms with Crippen LogP contribution in [-0.2, 0) is 20.9 Å². The van der Waals surface area contributed by atoms with Gasteiger partial charge in [-0.15, -0.1) is 0 Å². The molecule has 1 aromatic heterocycles. The SMILES string of the molecule is COC(=O)CNC(=O)CSc1nc2ccccc2c(=O)n1CCCCCCC(C)C. The summed E-state index contributed by atoms with van der Waals surface area (Å²) in [5.74, 6) is -0.0406. The molecule has 0 saturated heterocycles. The number of esters is 1. The van der Waals surface area contributed by atoms with Gasteiger partial charge in [0, 0.05) is 6.54 Å². The van der Waals surface area contributed by atoms with E-state index in [1.165, 1.54) is 31.7 Å². The summed E-state index contributed by atoms with van der Waals surface area (Å²) < 4.78 is 6.18. The van der Waals surface area contributed by atoms with E-state index < -0.39 is 5.97 Å². The number of carbonyl (C=O) groups is 2. The topological polar surface area (TPSA) is 90.3 Å². The van der Waals surface area contributed by atoms with Crippen molar-refractivity contribution in [1.82, 2.24) is 14.9 Å². The van der Waals surface area contributed by atoms with Crippen LogP contribution in [0.5, 0.6) is 0 Å². The quantitative estimate of drug-likeness (QED) is 0.239. The van der Waals surface area contributed by atoms with Crippen LogP contribution >= 0.6 is 11.8 Å². The number of methoxy groups -OCH3 is 1. The first-order chi connectivity index (χ1) is 14.4. The first kappa shape index (κ1) is 23.9. The van der Waals surface area contributed by atoms with E-state index in [4.69, 9.17) is 0 Å². The fraction of sp³-hybridized carbons (Fsp3) is 0.545. The van der Waals surface area contributed by atoms with Crippen molar-refractivity contribution in [2.45, 2.75) is 57.7 Å². The number of aromatic nitrogens is 2. The van der Waals surface area contributed by atoms with Crippen molar-refractivity contribution in [1.29, 1.82) is 0 Å². The Kier molecular flexibility index (Phi) is 9.86. The molecule has 8 heteroatoms. The molecule has 7 nitrogen and oxygen atoms in total. The highest BCUT2D eigenvalue weighted by Gasteiger charge is 2.13. The summed E-state index contributed by atoms with van der Waals surface area (Å²) >= 11 is 1.20. The Labute approximate surface area is 181 Å². The van der Waals surface area contributed by atoms with Crippen molar-refractivity contribution in [3.63, 3.8) is 0 Å². The average molecular weight is 434 g/mol. The largest absolute Gasteiger partial charge is 0.468 e. The van der Waals surface area contributed by atoms with Crippen LogP contribution < -0.4 is 10.9 Å². The number of nitrogens with zero attached hydrogens (tertiary/aromatic N) is 2. The second-order valence-electron chi connectivity index (χ2n) is 7.61. The minimum atomic E-state index is -0.508. The Morgan fingerprint density at radius 3 is 2.63 bits per heavy atom. The van der Waals surface area contributed by atoms with Crippen molar-refractivity contribution < 1.29 is 14.3 Å². The molecule has 0 atom stereocenters. The molecule has 30 heavy (non-hydrogen) atoms. The van der Waals surface area contributed by atoms with Gasteiger partial charge >= 0.3 is 5.97 Å². The number of para-hydroxylation sites is 1. The highest BCUT2D eigenvalue weighted by Crippen LogP contribution is 2.19. The molecule has 0 fully saturated rings. The number of carbonyl (C=O) groups excluding carboxylic acids is 2. The van der Waals surface area contributed by atoms with Gasteiger partial charge in [0.1, 0.15) is 6.54 Å². The molecule has 2 aromatic rings. The van der Waals surface area contributed by atoms with Crippen molar-refractivity contribution in [3.8, 4) is 0 Å². The van der Waals surface area contributed by atoms with Crippen molar-refractivity contribution in [3.05, 3.63) is 34.6 Å². The number of hydrogen-bond donors (Lipinski definition) is 1. The maximum absolute atomic E-state index is 13.0. The number of nitrogens with one attached hydrogen (secondary N) is 1. The Morgan fingerprint density at radius 1 is 1.17 bits per heavy atom. The lowest BCUT2D eigenvalue weighted by Gasteiger charge is -2.13. The van der Waals surface area contributed by atoms with Crippen molar-refractivity contribution in [2.24, 2.45) is 5.92 Å². The highest BCUT2D eigenvalue weighted by atomic mass is 32.2. The van der Waals surface area contributed by atoms with Crippen LogP contribution in [0.1, 0.15) is 46.0 Å². The number of rotatable bonds is 12. The van der Waals surface area contributed by atoms with Crippen LogP contribution in [0, 0.1) is 5.92 Å². The van der Waals surface area contributed by atoms with Crippen LogP contribution in [0.4, 0.5) is 0 Å². The standard InChI is InChI=1S/C22H31N3O4S/c1-16(2)10-6-4-5-9-13-25-21(28)17-11-7-8-12-18(17)24-22(25)30-15-19(26)23-14-20(27)29-3/h7-8,11-12,16H,4-6,9-10,13-15H2,1-3H3,(H,23,26). The van der Waals surface area contributed by atoms with Gasteiger partial charge < -0.3 is 10.1 Å². The van der Waals surface area contributed by atoms with E-state index in [-0.39, 0.29) is 23.8 Å². The molecule has 0 radical (unpaired) electrons. The molecule has 1 aromatic carbocycles. The van der Waals surface area contributed by atoms with Crippen molar-refractivity contribution in [2.75, 3.05) is 19.4 Å². The van der Waals surface area contributed by atoms with E-state index in [2.05, 4.69) is 28.9 Å². The van der Waals surface area contributed by atoms with E-state index in [0.29, 0.717) is 28.5 Å². The molecular weight excluding hydrogens is 402 g/mol. The fourth-order valence-corrected chi connectivity index (χ4v) is 3.91. The fourth-order valence-electron chi connectivity index (χ4n) is 3.06. The average Bonchev–Trinajstić information content (AvgIpc) is 2.74. The summed E-state index contributed by atoms with van der Waals surface area (Å²) in [6.07, 6.45) is 5.51. The molecular formula is C22H31N3O4S. The summed E-state index contributed by atoms with van der Waals surface area (Å²) in [5.41, 5.74) is 0.536. The van der Waals surface area contributed by atoms with E-state index >= 15 is 0 Å².